The zero-order valence-electron chi connectivity index (χ0n) is 10.8. The molecule has 1 aliphatic rings. The molecule has 112 valence electrons. The standard InChI is InChI=1S/C13H17F2NO3S/c14-13(15)20(18,19)11-6-4-10(5-7-11)16-12-3-1-2-9(12)8-17/h4-7,9,12-13,16-17H,1-3,8H2. The fraction of sp³-hybridized carbons (Fsp3) is 0.538. The van der Waals surface area contributed by atoms with Gasteiger partial charge in [0, 0.05) is 24.3 Å². The first-order valence-corrected chi connectivity index (χ1v) is 7.99. The Balaban J connectivity index is 2.09. The van der Waals surface area contributed by atoms with Crippen molar-refractivity contribution >= 4 is 15.5 Å². The van der Waals surface area contributed by atoms with Crippen molar-refractivity contribution in [3.05, 3.63) is 24.3 Å². The highest BCUT2D eigenvalue weighted by atomic mass is 32.2. The van der Waals surface area contributed by atoms with Gasteiger partial charge in [-0.2, -0.15) is 8.78 Å². The summed E-state index contributed by atoms with van der Waals surface area (Å²) in [5, 5.41) is 12.4. The van der Waals surface area contributed by atoms with Gasteiger partial charge in [0.05, 0.1) is 4.90 Å². The maximum absolute atomic E-state index is 12.4. The molecule has 1 aliphatic carbocycles. The zero-order chi connectivity index (χ0) is 14.8. The molecule has 0 amide bonds. The van der Waals surface area contributed by atoms with E-state index in [4.69, 9.17) is 0 Å². The molecule has 0 aliphatic heterocycles. The number of anilines is 1. The van der Waals surface area contributed by atoms with Crippen molar-refractivity contribution < 1.29 is 22.3 Å². The second-order valence-electron chi connectivity index (χ2n) is 4.95. The molecule has 0 radical (unpaired) electrons. The van der Waals surface area contributed by atoms with E-state index in [1.54, 1.807) is 0 Å². The number of halogens is 2. The lowest BCUT2D eigenvalue weighted by Gasteiger charge is -2.20. The van der Waals surface area contributed by atoms with Crippen LogP contribution in [0.25, 0.3) is 0 Å². The molecule has 0 heterocycles. The van der Waals surface area contributed by atoms with E-state index >= 15 is 0 Å². The molecule has 2 N–H and O–H groups in total. The lowest BCUT2D eigenvalue weighted by molar-refractivity contribution is 0.222. The van der Waals surface area contributed by atoms with Gasteiger partial charge in [-0.05, 0) is 37.1 Å². The van der Waals surface area contributed by atoms with Gasteiger partial charge in [-0.15, -0.1) is 0 Å². The highest BCUT2D eigenvalue weighted by molar-refractivity contribution is 7.91. The smallest absolute Gasteiger partial charge is 0.341 e. The third kappa shape index (κ3) is 3.09. The minimum absolute atomic E-state index is 0.107. The first-order valence-electron chi connectivity index (χ1n) is 6.44. The van der Waals surface area contributed by atoms with Crippen LogP contribution in [0.15, 0.2) is 29.2 Å². The molecule has 4 nitrogen and oxygen atoms in total. The number of aliphatic hydroxyl groups is 1. The molecule has 2 rings (SSSR count). The summed E-state index contributed by atoms with van der Waals surface area (Å²) in [6, 6.07) is 5.43. The second-order valence-corrected chi connectivity index (χ2v) is 6.87. The van der Waals surface area contributed by atoms with E-state index in [0.29, 0.717) is 5.69 Å². The van der Waals surface area contributed by atoms with Gasteiger partial charge in [-0.3, -0.25) is 0 Å². The van der Waals surface area contributed by atoms with Crippen LogP contribution < -0.4 is 5.32 Å². The van der Waals surface area contributed by atoms with Gasteiger partial charge in [0.25, 0.3) is 0 Å². The van der Waals surface area contributed by atoms with Crippen molar-refractivity contribution in [2.45, 2.75) is 36.0 Å². The summed E-state index contributed by atoms with van der Waals surface area (Å²) >= 11 is 0. The molecular weight excluding hydrogens is 288 g/mol. The molecule has 1 saturated carbocycles. The Morgan fingerprint density at radius 3 is 2.45 bits per heavy atom. The average molecular weight is 305 g/mol. The maximum atomic E-state index is 12.4. The van der Waals surface area contributed by atoms with Crippen LogP contribution >= 0.6 is 0 Å². The molecule has 0 bridgehead atoms. The SMILES string of the molecule is O=S(=O)(c1ccc(NC2CCCC2CO)cc1)C(F)F. The monoisotopic (exact) mass is 305 g/mol. The summed E-state index contributed by atoms with van der Waals surface area (Å²) in [6.45, 7) is 0.107. The largest absolute Gasteiger partial charge is 0.396 e. The van der Waals surface area contributed by atoms with E-state index in [1.165, 1.54) is 24.3 Å². The number of hydrogen-bond acceptors (Lipinski definition) is 4. The van der Waals surface area contributed by atoms with Crippen molar-refractivity contribution in [1.29, 1.82) is 0 Å². The van der Waals surface area contributed by atoms with Gasteiger partial charge in [0.1, 0.15) is 0 Å². The first kappa shape index (κ1) is 15.2. The zero-order valence-corrected chi connectivity index (χ0v) is 11.6. The molecule has 7 heteroatoms. The molecule has 0 aromatic heterocycles. The molecule has 20 heavy (non-hydrogen) atoms. The Kier molecular flexibility index (Phi) is 4.59. The summed E-state index contributed by atoms with van der Waals surface area (Å²) in [5.41, 5.74) is 0.670. The van der Waals surface area contributed by atoms with Crippen molar-refractivity contribution in [3.63, 3.8) is 0 Å². The summed E-state index contributed by atoms with van der Waals surface area (Å²) in [6.07, 6.45) is 2.91. The molecule has 1 fully saturated rings. The van der Waals surface area contributed by atoms with Crippen LogP contribution in [-0.4, -0.2) is 31.9 Å². The minimum atomic E-state index is -4.54. The van der Waals surface area contributed by atoms with Gasteiger partial charge in [0.2, 0.25) is 9.84 Å². The average Bonchev–Trinajstić information content (AvgIpc) is 2.86. The fourth-order valence-electron chi connectivity index (χ4n) is 2.50. The molecule has 1 aromatic rings. The second kappa shape index (κ2) is 6.05. The van der Waals surface area contributed by atoms with Crippen LogP contribution in [0.4, 0.5) is 14.5 Å². The van der Waals surface area contributed by atoms with Crippen LogP contribution in [-0.2, 0) is 9.84 Å². The van der Waals surface area contributed by atoms with Crippen LogP contribution in [0.1, 0.15) is 19.3 Å². The number of hydrogen-bond donors (Lipinski definition) is 2. The van der Waals surface area contributed by atoms with Gasteiger partial charge in [-0.1, -0.05) is 6.42 Å². The number of aliphatic hydroxyl groups excluding tert-OH is 1. The molecule has 2 atom stereocenters. The van der Waals surface area contributed by atoms with Gasteiger partial charge < -0.3 is 10.4 Å². The van der Waals surface area contributed by atoms with Crippen molar-refractivity contribution in [1.82, 2.24) is 0 Å². The summed E-state index contributed by atoms with van der Waals surface area (Å²) in [5.74, 6) is -3.23. The maximum Gasteiger partial charge on any atom is 0.341 e. The van der Waals surface area contributed by atoms with Crippen molar-refractivity contribution in [3.8, 4) is 0 Å². The Bertz CT molecular complexity index is 545. The Morgan fingerprint density at radius 1 is 1.25 bits per heavy atom. The number of benzene rings is 1. The van der Waals surface area contributed by atoms with Gasteiger partial charge in [-0.25, -0.2) is 8.42 Å². The Hall–Kier alpha value is -1.21. The number of sulfone groups is 1. The summed E-state index contributed by atoms with van der Waals surface area (Å²) < 4.78 is 47.3. The third-order valence-corrected chi connectivity index (χ3v) is 5.06. The van der Waals surface area contributed by atoms with E-state index in [2.05, 4.69) is 5.32 Å². The lowest BCUT2D eigenvalue weighted by Crippen LogP contribution is -2.26. The molecule has 2 unspecified atom stereocenters. The highest BCUT2D eigenvalue weighted by Gasteiger charge is 2.28. The molecular formula is C13H17F2NO3S. The predicted molar refractivity (Wildman–Crippen MR) is 71.5 cm³/mol. The topological polar surface area (TPSA) is 66.4 Å². The summed E-state index contributed by atoms with van der Waals surface area (Å²) in [4.78, 5) is -0.386. The van der Waals surface area contributed by atoms with E-state index in [-0.39, 0.29) is 23.5 Å². The minimum Gasteiger partial charge on any atom is -0.396 e. The normalized spacial score (nSPS) is 23.2. The summed E-state index contributed by atoms with van der Waals surface area (Å²) in [7, 11) is -4.54. The quantitative estimate of drug-likeness (QED) is 0.875. The van der Waals surface area contributed by atoms with E-state index in [1.807, 2.05) is 0 Å². The lowest BCUT2D eigenvalue weighted by atomic mass is 10.0. The number of rotatable bonds is 5. The number of nitrogens with one attached hydrogen (secondary N) is 1. The van der Waals surface area contributed by atoms with E-state index in [0.717, 1.165) is 19.3 Å². The van der Waals surface area contributed by atoms with E-state index < -0.39 is 15.6 Å². The Labute approximate surface area is 116 Å². The van der Waals surface area contributed by atoms with Crippen LogP contribution in [0.3, 0.4) is 0 Å². The van der Waals surface area contributed by atoms with Gasteiger partial charge >= 0.3 is 5.76 Å². The highest BCUT2D eigenvalue weighted by Crippen LogP contribution is 2.28. The van der Waals surface area contributed by atoms with Crippen molar-refractivity contribution in [2.75, 3.05) is 11.9 Å². The van der Waals surface area contributed by atoms with Crippen molar-refractivity contribution in [2.24, 2.45) is 5.92 Å². The fourth-order valence-corrected chi connectivity index (χ4v) is 3.22. The predicted octanol–water partition coefficient (Wildman–Crippen LogP) is 2.26. The number of alkyl halides is 2. The molecule has 0 spiro atoms. The van der Waals surface area contributed by atoms with E-state index in [9.17, 15) is 22.3 Å². The van der Waals surface area contributed by atoms with Crippen LogP contribution in [0.2, 0.25) is 0 Å². The van der Waals surface area contributed by atoms with Gasteiger partial charge in [0.15, 0.2) is 0 Å². The van der Waals surface area contributed by atoms with Crippen LogP contribution in [0, 0.1) is 5.92 Å². The Morgan fingerprint density at radius 2 is 1.90 bits per heavy atom. The molecule has 1 aromatic carbocycles. The first-order chi connectivity index (χ1) is 9.45. The third-order valence-electron chi connectivity index (χ3n) is 3.66. The van der Waals surface area contributed by atoms with Crippen LogP contribution in [0.5, 0.6) is 0 Å². The molecule has 0 saturated heterocycles.